The number of rotatable bonds is 5. The van der Waals surface area contributed by atoms with Crippen molar-refractivity contribution >= 4 is 5.95 Å². The van der Waals surface area contributed by atoms with Crippen molar-refractivity contribution in [2.24, 2.45) is 7.05 Å². The molecule has 3 rings (SSSR count). The zero-order valence-electron chi connectivity index (χ0n) is 13.9. The van der Waals surface area contributed by atoms with E-state index in [9.17, 15) is 0 Å². The van der Waals surface area contributed by atoms with E-state index in [1.807, 2.05) is 55.5 Å². The molecule has 0 saturated heterocycles. The van der Waals surface area contributed by atoms with Crippen molar-refractivity contribution in [2.75, 3.05) is 11.9 Å². The minimum absolute atomic E-state index is 0.619. The molecule has 0 atom stereocenters. The van der Waals surface area contributed by atoms with E-state index >= 15 is 0 Å². The topological polar surface area (TPSA) is 73.5 Å². The van der Waals surface area contributed by atoms with E-state index in [1.165, 1.54) is 0 Å². The lowest BCUT2D eigenvalue weighted by Gasteiger charge is -2.07. The van der Waals surface area contributed by atoms with E-state index in [4.69, 9.17) is 0 Å². The van der Waals surface area contributed by atoms with Gasteiger partial charge in [0.15, 0.2) is 0 Å². The van der Waals surface area contributed by atoms with Gasteiger partial charge in [-0.1, -0.05) is 0 Å². The third kappa shape index (κ3) is 3.23. The highest BCUT2D eigenvalue weighted by Gasteiger charge is 2.13. The second-order valence-corrected chi connectivity index (χ2v) is 5.58. The van der Waals surface area contributed by atoms with Crippen molar-refractivity contribution in [3.8, 4) is 11.3 Å². The molecule has 0 aliphatic heterocycles. The monoisotopic (exact) mass is 311 g/mol. The molecule has 7 heteroatoms. The lowest BCUT2D eigenvalue weighted by Crippen LogP contribution is -2.13. The summed E-state index contributed by atoms with van der Waals surface area (Å²) in [5.74, 6) is 0.619. The van der Waals surface area contributed by atoms with Crippen LogP contribution in [0.15, 0.2) is 24.5 Å². The first-order chi connectivity index (χ1) is 11.0. The molecule has 1 N–H and O–H groups in total. The molecule has 0 unspecified atom stereocenters. The van der Waals surface area contributed by atoms with Crippen LogP contribution in [0.1, 0.15) is 17.1 Å². The Hall–Kier alpha value is -2.70. The van der Waals surface area contributed by atoms with Gasteiger partial charge in [-0.05, 0) is 32.9 Å². The predicted octanol–water partition coefficient (Wildman–Crippen LogP) is 2.11. The van der Waals surface area contributed by atoms with Gasteiger partial charge in [0, 0.05) is 37.2 Å². The Morgan fingerprint density at radius 3 is 2.61 bits per heavy atom. The molecular weight excluding hydrogens is 290 g/mol. The Balaban J connectivity index is 1.72. The van der Waals surface area contributed by atoms with E-state index < -0.39 is 0 Å². The summed E-state index contributed by atoms with van der Waals surface area (Å²) < 4.78 is 3.78. The van der Waals surface area contributed by atoms with Gasteiger partial charge in [-0.2, -0.15) is 10.2 Å². The lowest BCUT2D eigenvalue weighted by molar-refractivity contribution is 0.630. The van der Waals surface area contributed by atoms with Gasteiger partial charge in [-0.15, -0.1) is 0 Å². The fourth-order valence-corrected chi connectivity index (χ4v) is 2.60. The highest BCUT2D eigenvalue weighted by molar-refractivity contribution is 5.65. The average molecular weight is 311 g/mol. The third-order valence-corrected chi connectivity index (χ3v) is 3.82. The molecule has 0 bridgehead atoms. The number of nitrogens with one attached hydrogen (secondary N) is 1. The fourth-order valence-electron chi connectivity index (χ4n) is 2.60. The second-order valence-electron chi connectivity index (χ2n) is 5.58. The van der Waals surface area contributed by atoms with Crippen molar-refractivity contribution in [1.29, 1.82) is 0 Å². The predicted molar refractivity (Wildman–Crippen MR) is 89.2 cm³/mol. The summed E-state index contributed by atoms with van der Waals surface area (Å²) in [6.45, 7) is 7.51. The van der Waals surface area contributed by atoms with E-state index in [2.05, 4.69) is 25.5 Å². The van der Waals surface area contributed by atoms with E-state index in [1.54, 1.807) is 6.20 Å². The Labute approximate surface area is 135 Å². The Kier molecular flexibility index (Phi) is 4.10. The quantitative estimate of drug-likeness (QED) is 0.781. The van der Waals surface area contributed by atoms with Gasteiger partial charge < -0.3 is 5.32 Å². The molecule has 0 spiro atoms. The zero-order valence-corrected chi connectivity index (χ0v) is 13.9. The van der Waals surface area contributed by atoms with E-state index in [0.29, 0.717) is 5.95 Å². The average Bonchev–Trinajstić information content (AvgIpc) is 3.03. The van der Waals surface area contributed by atoms with Gasteiger partial charge in [-0.3, -0.25) is 9.36 Å². The Bertz CT molecular complexity index is 816. The van der Waals surface area contributed by atoms with Crippen LogP contribution in [0.25, 0.3) is 11.3 Å². The summed E-state index contributed by atoms with van der Waals surface area (Å²) in [6, 6.07) is 3.91. The highest BCUT2D eigenvalue weighted by atomic mass is 15.3. The molecule has 3 aromatic heterocycles. The largest absolute Gasteiger partial charge is 0.352 e. The molecular formula is C16H21N7. The number of nitrogens with zero attached hydrogens (tertiary/aromatic N) is 6. The molecule has 0 saturated carbocycles. The molecule has 23 heavy (non-hydrogen) atoms. The van der Waals surface area contributed by atoms with Gasteiger partial charge in [0.25, 0.3) is 0 Å². The molecule has 0 aromatic carbocycles. The summed E-state index contributed by atoms with van der Waals surface area (Å²) in [5, 5.41) is 12.1. The number of hydrogen-bond acceptors (Lipinski definition) is 5. The van der Waals surface area contributed by atoms with Crippen molar-refractivity contribution in [2.45, 2.75) is 27.3 Å². The lowest BCUT2D eigenvalue weighted by atomic mass is 10.1. The van der Waals surface area contributed by atoms with Crippen molar-refractivity contribution < 1.29 is 0 Å². The summed E-state index contributed by atoms with van der Waals surface area (Å²) >= 11 is 0. The van der Waals surface area contributed by atoms with Gasteiger partial charge in [0.1, 0.15) is 0 Å². The summed E-state index contributed by atoms with van der Waals surface area (Å²) in [6.07, 6.45) is 3.74. The van der Waals surface area contributed by atoms with Gasteiger partial charge in [0.05, 0.1) is 23.6 Å². The number of hydrogen-bond donors (Lipinski definition) is 1. The van der Waals surface area contributed by atoms with Crippen LogP contribution in [0.3, 0.4) is 0 Å². The third-order valence-electron chi connectivity index (χ3n) is 3.82. The van der Waals surface area contributed by atoms with Crippen LogP contribution in [0, 0.1) is 20.8 Å². The van der Waals surface area contributed by atoms with E-state index in [-0.39, 0.29) is 0 Å². The maximum atomic E-state index is 4.61. The van der Waals surface area contributed by atoms with Crippen molar-refractivity contribution in [3.05, 3.63) is 41.6 Å². The molecule has 0 aliphatic rings. The van der Waals surface area contributed by atoms with Crippen LogP contribution in [-0.2, 0) is 13.6 Å². The molecule has 0 radical (unpaired) electrons. The maximum absolute atomic E-state index is 4.61. The minimum atomic E-state index is 0.619. The fraction of sp³-hybridized carbons (Fsp3) is 0.375. The standard InChI is InChI=1S/C16H21N7/c1-11-6-9-23(20-11)10-8-18-16-17-7-5-14(19-16)15-12(2)21-22(4)13(15)3/h5-7,9H,8,10H2,1-4H3,(H,17,18,19). The van der Waals surface area contributed by atoms with Crippen LogP contribution in [0.5, 0.6) is 0 Å². The summed E-state index contributed by atoms with van der Waals surface area (Å²) in [5.41, 5.74) is 5.05. The molecule has 3 heterocycles. The number of aryl methyl sites for hydroxylation is 3. The molecule has 0 fully saturated rings. The summed E-state index contributed by atoms with van der Waals surface area (Å²) in [4.78, 5) is 8.90. The molecule has 0 amide bonds. The van der Waals surface area contributed by atoms with Gasteiger partial charge in [0.2, 0.25) is 5.95 Å². The smallest absolute Gasteiger partial charge is 0.223 e. The molecule has 7 nitrogen and oxygen atoms in total. The number of aromatic nitrogens is 6. The Morgan fingerprint density at radius 1 is 1.13 bits per heavy atom. The van der Waals surface area contributed by atoms with Crippen LogP contribution >= 0.6 is 0 Å². The molecule has 120 valence electrons. The first kappa shape index (κ1) is 15.2. The molecule has 3 aromatic rings. The van der Waals surface area contributed by atoms with Crippen molar-refractivity contribution in [3.63, 3.8) is 0 Å². The first-order valence-corrected chi connectivity index (χ1v) is 7.62. The maximum Gasteiger partial charge on any atom is 0.223 e. The van der Waals surface area contributed by atoms with Gasteiger partial charge in [-0.25, -0.2) is 9.97 Å². The minimum Gasteiger partial charge on any atom is -0.352 e. The Morgan fingerprint density at radius 2 is 1.96 bits per heavy atom. The van der Waals surface area contributed by atoms with Crippen LogP contribution in [-0.4, -0.2) is 36.1 Å². The van der Waals surface area contributed by atoms with Gasteiger partial charge >= 0.3 is 0 Å². The second kappa shape index (κ2) is 6.20. The van der Waals surface area contributed by atoms with Crippen LogP contribution in [0.2, 0.25) is 0 Å². The highest BCUT2D eigenvalue weighted by Crippen LogP contribution is 2.24. The number of anilines is 1. The SMILES string of the molecule is Cc1ccn(CCNc2nccc(-c3c(C)nn(C)c3C)n2)n1. The van der Waals surface area contributed by atoms with Crippen LogP contribution in [0.4, 0.5) is 5.95 Å². The van der Waals surface area contributed by atoms with Crippen molar-refractivity contribution in [1.82, 2.24) is 29.5 Å². The van der Waals surface area contributed by atoms with Crippen LogP contribution < -0.4 is 5.32 Å². The first-order valence-electron chi connectivity index (χ1n) is 7.62. The zero-order chi connectivity index (χ0) is 16.4. The normalized spacial score (nSPS) is 11.0. The summed E-state index contributed by atoms with van der Waals surface area (Å²) in [7, 11) is 1.94. The van der Waals surface area contributed by atoms with E-state index in [0.717, 1.165) is 41.4 Å². The molecule has 0 aliphatic carbocycles.